The number of nitrogens with zero attached hydrogens (tertiary/aromatic N) is 2. The lowest BCUT2D eigenvalue weighted by atomic mass is 10.1. The summed E-state index contributed by atoms with van der Waals surface area (Å²) in [5.74, 6) is -0.148. The second kappa shape index (κ2) is 10.8. The molecule has 3 N–H and O–H groups in total. The molecular weight excluding hydrogens is 443 g/mol. The third kappa shape index (κ3) is 5.76. The fourth-order valence-electron chi connectivity index (χ4n) is 3.73. The van der Waals surface area contributed by atoms with Gasteiger partial charge in [0.05, 0.1) is 24.1 Å². The Hall–Kier alpha value is -2.05. The molecule has 1 heterocycles. The molecule has 3 aromatic rings. The topological polar surface area (TPSA) is 72.9 Å². The Bertz CT molecular complexity index is 978. The first-order valence-corrected chi connectivity index (χ1v) is 9.85. The summed E-state index contributed by atoms with van der Waals surface area (Å²) in [5.41, 5.74) is 10.5. The number of hydrogen-bond acceptors (Lipinski definition) is 3. The molecule has 0 saturated carbocycles. The van der Waals surface area contributed by atoms with Crippen LogP contribution in [0.3, 0.4) is 0 Å². The Balaban J connectivity index is 0.00000160. The molecule has 1 aliphatic rings. The van der Waals surface area contributed by atoms with E-state index in [1.165, 1.54) is 11.1 Å². The molecule has 2 aromatic carbocycles. The van der Waals surface area contributed by atoms with E-state index in [0.717, 1.165) is 35.7 Å². The second-order valence-electron chi connectivity index (χ2n) is 7.28. The highest BCUT2D eigenvalue weighted by Crippen LogP contribution is 2.32. The second-order valence-corrected chi connectivity index (χ2v) is 7.71. The molecule has 0 bridgehead atoms. The van der Waals surface area contributed by atoms with Gasteiger partial charge in [0.25, 0.3) is 0 Å². The highest BCUT2D eigenvalue weighted by atomic mass is 35.5. The Morgan fingerprint density at radius 2 is 2.00 bits per heavy atom. The minimum atomic E-state index is -0.628. The maximum absolute atomic E-state index is 12.6. The van der Waals surface area contributed by atoms with Crippen LogP contribution in [0.1, 0.15) is 34.8 Å². The average Bonchev–Trinajstić information content (AvgIpc) is 3.29. The summed E-state index contributed by atoms with van der Waals surface area (Å²) in [6.45, 7) is 0.747. The van der Waals surface area contributed by atoms with E-state index < -0.39 is 6.04 Å². The van der Waals surface area contributed by atoms with Crippen molar-refractivity contribution in [2.24, 2.45) is 5.73 Å². The summed E-state index contributed by atoms with van der Waals surface area (Å²) in [6.07, 6.45) is 5.94. The van der Waals surface area contributed by atoms with Gasteiger partial charge in [-0.05, 0) is 41.7 Å². The molecule has 1 unspecified atom stereocenters. The van der Waals surface area contributed by atoms with Gasteiger partial charge in [0.15, 0.2) is 0 Å². The normalized spacial score (nSPS) is 15.5. The Morgan fingerprint density at radius 1 is 1.23 bits per heavy atom. The Morgan fingerprint density at radius 3 is 2.77 bits per heavy atom. The number of rotatable bonds is 6. The summed E-state index contributed by atoms with van der Waals surface area (Å²) in [5, 5.41) is 3.81. The van der Waals surface area contributed by atoms with E-state index in [2.05, 4.69) is 22.4 Å². The van der Waals surface area contributed by atoms with Gasteiger partial charge in [0, 0.05) is 24.2 Å². The molecule has 0 aliphatic heterocycles. The van der Waals surface area contributed by atoms with Gasteiger partial charge < -0.3 is 15.6 Å². The maximum Gasteiger partial charge on any atom is 0.237 e. The number of amides is 1. The number of aryl methyl sites for hydroxylation is 1. The molecule has 4 rings (SSSR count). The summed E-state index contributed by atoms with van der Waals surface area (Å²) >= 11 is 6.05. The van der Waals surface area contributed by atoms with Gasteiger partial charge in [0.1, 0.15) is 0 Å². The fourth-order valence-corrected chi connectivity index (χ4v) is 3.92. The molecule has 0 fully saturated rings. The predicted molar refractivity (Wildman–Crippen MR) is 125 cm³/mol. The Labute approximate surface area is 193 Å². The highest BCUT2D eigenvalue weighted by molar-refractivity contribution is 6.30. The Kier molecular flexibility index (Phi) is 8.74. The van der Waals surface area contributed by atoms with Crippen LogP contribution in [0.4, 0.5) is 0 Å². The number of aromatic nitrogens is 2. The predicted octanol–water partition coefficient (Wildman–Crippen LogP) is 4.10. The van der Waals surface area contributed by atoms with Crippen molar-refractivity contribution < 1.29 is 4.79 Å². The van der Waals surface area contributed by atoms with Gasteiger partial charge in [0.2, 0.25) is 5.91 Å². The van der Waals surface area contributed by atoms with Crippen LogP contribution in [0.5, 0.6) is 0 Å². The molecule has 5 nitrogen and oxygen atoms in total. The first-order chi connectivity index (χ1) is 13.6. The number of nitrogens with one attached hydrogen (secondary N) is 1. The van der Waals surface area contributed by atoms with Crippen molar-refractivity contribution >= 4 is 42.3 Å². The maximum atomic E-state index is 12.6. The molecule has 0 radical (unpaired) electrons. The lowest BCUT2D eigenvalue weighted by Gasteiger charge is -2.17. The number of carbonyl (C=O) groups excluding carboxylic acids is 1. The van der Waals surface area contributed by atoms with Gasteiger partial charge in [-0.1, -0.05) is 48.0 Å². The smallest absolute Gasteiger partial charge is 0.237 e. The summed E-state index contributed by atoms with van der Waals surface area (Å²) in [6, 6.07) is 15.4. The zero-order valence-electron chi connectivity index (χ0n) is 16.3. The minimum absolute atomic E-state index is 0. The highest BCUT2D eigenvalue weighted by Gasteiger charge is 2.26. The standard InChI is InChI=1S/C22H23ClN4O.2ClH/c23-17-7-8-19-16(10-17)6-9-21(19)26-22(28)20(24)11-18-13-27(14-25-18)12-15-4-2-1-3-5-15;;/h1-5,7-8,10,13-14,20-21H,6,9,11-12,24H2,(H,26,28);2*1H/t20-,21?;;/m0../s1. The fraction of sp³-hybridized carbons (Fsp3) is 0.273. The molecular formula is C22H25Cl3N4O. The molecule has 2 atom stereocenters. The van der Waals surface area contributed by atoms with Crippen molar-refractivity contribution in [3.8, 4) is 0 Å². The van der Waals surface area contributed by atoms with Crippen molar-refractivity contribution in [1.82, 2.24) is 14.9 Å². The minimum Gasteiger partial charge on any atom is -0.348 e. The number of fused-ring (bicyclic) bond motifs is 1. The first-order valence-electron chi connectivity index (χ1n) is 9.47. The summed E-state index contributed by atoms with van der Waals surface area (Å²) in [4.78, 5) is 17.0. The van der Waals surface area contributed by atoms with Crippen LogP contribution in [0.25, 0.3) is 0 Å². The van der Waals surface area contributed by atoms with E-state index in [0.29, 0.717) is 6.42 Å². The number of nitrogens with two attached hydrogens (primary N) is 1. The van der Waals surface area contributed by atoms with Gasteiger partial charge >= 0.3 is 0 Å². The van der Waals surface area contributed by atoms with Gasteiger partial charge in [-0.3, -0.25) is 4.79 Å². The lowest BCUT2D eigenvalue weighted by molar-refractivity contribution is -0.123. The zero-order chi connectivity index (χ0) is 19.5. The van der Waals surface area contributed by atoms with Crippen LogP contribution in [0.2, 0.25) is 5.02 Å². The molecule has 8 heteroatoms. The molecule has 1 aromatic heterocycles. The molecule has 1 amide bonds. The monoisotopic (exact) mass is 466 g/mol. The number of halogens is 3. The number of imidazole rings is 1. The largest absolute Gasteiger partial charge is 0.348 e. The molecule has 0 spiro atoms. The lowest BCUT2D eigenvalue weighted by Crippen LogP contribution is -2.43. The number of benzene rings is 2. The summed E-state index contributed by atoms with van der Waals surface area (Å²) in [7, 11) is 0. The van der Waals surface area contributed by atoms with Gasteiger partial charge in [-0.15, -0.1) is 24.8 Å². The van der Waals surface area contributed by atoms with E-state index >= 15 is 0 Å². The molecule has 0 saturated heterocycles. The van der Waals surface area contributed by atoms with Crippen LogP contribution in [-0.4, -0.2) is 21.5 Å². The van der Waals surface area contributed by atoms with Crippen LogP contribution in [-0.2, 0) is 24.2 Å². The van der Waals surface area contributed by atoms with Crippen LogP contribution in [0, 0.1) is 0 Å². The third-order valence-corrected chi connectivity index (χ3v) is 5.39. The van der Waals surface area contributed by atoms with Gasteiger partial charge in [-0.25, -0.2) is 4.98 Å². The molecule has 30 heavy (non-hydrogen) atoms. The van der Waals surface area contributed by atoms with Gasteiger partial charge in [-0.2, -0.15) is 0 Å². The van der Waals surface area contributed by atoms with Crippen molar-refractivity contribution in [3.63, 3.8) is 0 Å². The quantitative estimate of drug-likeness (QED) is 0.573. The zero-order valence-corrected chi connectivity index (χ0v) is 18.7. The molecule has 160 valence electrons. The van der Waals surface area contributed by atoms with Crippen molar-refractivity contribution in [2.75, 3.05) is 0 Å². The average molecular weight is 468 g/mol. The van der Waals surface area contributed by atoms with E-state index in [1.807, 2.05) is 47.2 Å². The van der Waals surface area contributed by atoms with E-state index in [9.17, 15) is 4.79 Å². The van der Waals surface area contributed by atoms with Crippen LogP contribution >= 0.6 is 36.4 Å². The first kappa shape index (κ1) is 24.2. The summed E-state index contributed by atoms with van der Waals surface area (Å²) < 4.78 is 2.01. The third-order valence-electron chi connectivity index (χ3n) is 5.16. The van der Waals surface area contributed by atoms with Crippen molar-refractivity contribution in [3.05, 3.63) is 88.5 Å². The van der Waals surface area contributed by atoms with E-state index in [4.69, 9.17) is 17.3 Å². The van der Waals surface area contributed by atoms with E-state index in [1.54, 1.807) is 6.33 Å². The number of hydrogen-bond donors (Lipinski definition) is 2. The van der Waals surface area contributed by atoms with Crippen molar-refractivity contribution in [1.29, 1.82) is 0 Å². The van der Waals surface area contributed by atoms with Crippen LogP contribution < -0.4 is 11.1 Å². The molecule has 1 aliphatic carbocycles. The SMILES string of the molecule is Cl.Cl.N[C@@H](Cc1cn(Cc2ccccc2)cn1)C(=O)NC1CCc2cc(Cl)ccc21. The number of carbonyl (C=O) groups is 1. The van der Waals surface area contributed by atoms with Crippen molar-refractivity contribution in [2.45, 2.75) is 37.9 Å². The van der Waals surface area contributed by atoms with Crippen LogP contribution in [0.15, 0.2) is 61.1 Å². The van der Waals surface area contributed by atoms with E-state index in [-0.39, 0.29) is 36.8 Å².